The van der Waals surface area contributed by atoms with Crippen molar-refractivity contribution in [2.24, 2.45) is 19.8 Å². The van der Waals surface area contributed by atoms with Gasteiger partial charge in [-0.15, -0.1) is 11.3 Å². The summed E-state index contributed by atoms with van der Waals surface area (Å²) in [5, 5.41) is 9.97. The molecule has 60 heavy (non-hydrogen) atoms. The standard InChI is InChI=1S/C19H14F5N3OS.C17H13F5N2.C4H6N2S/c1-27-16(14(18(25)28)15(26-27)17(20)21)13-11(10-6-3-2-4-7-10)8-5-9-12(13)29-19(22,23)24;1-24-9-13(15(23-24)16(19)20)12-5-3-2-4-11(12)10-6-7-14(18)17(21,22)8-10;1-3-2-7-4(5)6-3/h2-9,17H,1H3,(H2,25,28);2-9,14,16H,1H3;2H,1H3,(H2,5,6). The second-order valence-corrected chi connectivity index (χ2v) is 14.8. The van der Waals surface area contributed by atoms with Crippen LogP contribution in [0.25, 0.3) is 39.1 Å². The van der Waals surface area contributed by atoms with Crippen molar-refractivity contribution in [2.75, 3.05) is 5.73 Å². The Morgan fingerprint density at radius 3 is 2.02 bits per heavy atom. The molecule has 0 saturated carbocycles. The average molecular weight is 882 g/mol. The molecule has 1 aliphatic carbocycles. The topological polar surface area (TPSA) is 118 Å². The number of amides is 1. The summed E-state index contributed by atoms with van der Waals surface area (Å²) < 4.78 is 136. The van der Waals surface area contributed by atoms with Gasteiger partial charge in [-0.3, -0.25) is 14.2 Å². The number of carbonyl (C=O) groups is 1. The third-order valence-corrected chi connectivity index (χ3v) is 10.1. The Morgan fingerprint density at radius 2 is 1.48 bits per heavy atom. The van der Waals surface area contributed by atoms with E-state index < -0.39 is 65.1 Å². The number of anilines is 1. The van der Waals surface area contributed by atoms with Gasteiger partial charge in [0.15, 0.2) is 11.3 Å². The molecule has 316 valence electrons. The quantitative estimate of drug-likeness (QED) is 0.116. The zero-order valence-corrected chi connectivity index (χ0v) is 33.1. The van der Waals surface area contributed by atoms with Crippen LogP contribution in [0, 0.1) is 6.92 Å². The van der Waals surface area contributed by atoms with Gasteiger partial charge in [0.25, 0.3) is 18.8 Å². The van der Waals surface area contributed by atoms with Crippen LogP contribution < -0.4 is 11.5 Å². The highest BCUT2D eigenvalue weighted by atomic mass is 32.2. The van der Waals surface area contributed by atoms with E-state index in [2.05, 4.69) is 15.2 Å². The zero-order chi connectivity index (χ0) is 44.1. The summed E-state index contributed by atoms with van der Waals surface area (Å²) >= 11 is 1.07. The molecular weight excluding hydrogens is 849 g/mol. The maximum atomic E-state index is 13.6. The predicted molar refractivity (Wildman–Crippen MR) is 211 cm³/mol. The van der Waals surface area contributed by atoms with E-state index in [0.717, 1.165) is 16.5 Å². The predicted octanol–water partition coefficient (Wildman–Crippen LogP) is 11.4. The normalized spacial score (nSPS) is 14.7. The zero-order valence-electron chi connectivity index (χ0n) is 31.4. The van der Waals surface area contributed by atoms with Gasteiger partial charge in [-0.25, -0.2) is 26.9 Å². The molecule has 3 aromatic heterocycles. The van der Waals surface area contributed by atoms with Gasteiger partial charge in [0.05, 0.1) is 17.0 Å². The maximum absolute atomic E-state index is 13.6. The number of rotatable bonds is 8. The summed E-state index contributed by atoms with van der Waals surface area (Å²) in [5.41, 5.74) is 6.57. The lowest BCUT2D eigenvalue weighted by molar-refractivity contribution is -0.0328. The fraction of sp³-hybridized carbons (Fsp3) is 0.200. The van der Waals surface area contributed by atoms with E-state index >= 15 is 0 Å². The number of hydrogen-bond acceptors (Lipinski definition) is 7. The summed E-state index contributed by atoms with van der Waals surface area (Å²) in [6, 6.07) is 18.9. The van der Waals surface area contributed by atoms with E-state index in [1.54, 1.807) is 54.6 Å². The molecule has 0 saturated heterocycles. The molecule has 1 aliphatic rings. The van der Waals surface area contributed by atoms with Crippen molar-refractivity contribution < 1.29 is 48.7 Å². The number of hydrogen-bond donors (Lipinski definition) is 2. The van der Waals surface area contributed by atoms with Crippen LogP contribution in [0.2, 0.25) is 0 Å². The Labute approximate surface area is 344 Å². The van der Waals surface area contributed by atoms with Gasteiger partial charge in [-0.1, -0.05) is 72.8 Å². The fourth-order valence-corrected chi connectivity index (χ4v) is 7.35. The number of thioether (sulfide) groups is 1. The first-order valence-corrected chi connectivity index (χ1v) is 19.0. The van der Waals surface area contributed by atoms with Crippen LogP contribution in [-0.2, 0) is 14.1 Å². The summed E-state index contributed by atoms with van der Waals surface area (Å²) in [4.78, 5) is 15.6. The Bertz CT molecular complexity index is 2490. The van der Waals surface area contributed by atoms with Gasteiger partial charge >= 0.3 is 11.4 Å². The van der Waals surface area contributed by atoms with E-state index in [9.17, 15) is 48.7 Å². The number of alkyl halides is 10. The fourth-order valence-electron chi connectivity index (χ4n) is 6.11. The van der Waals surface area contributed by atoms with Crippen molar-refractivity contribution in [3.8, 4) is 33.5 Å². The van der Waals surface area contributed by atoms with Crippen LogP contribution in [-0.4, -0.2) is 48.1 Å². The summed E-state index contributed by atoms with van der Waals surface area (Å²) in [6.07, 6.45) is -4.40. The number of benzene rings is 3. The molecular formula is C40H33F10N7OS2. The Kier molecular flexibility index (Phi) is 14.0. The van der Waals surface area contributed by atoms with Crippen LogP contribution in [0.5, 0.6) is 0 Å². The summed E-state index contributed by atoms with van der Waals surface area (Å²) in [7, 11) is 2.77. The number of carbonyl (C=O) groups excluding carboxylic acids is 1. The van der Waals surface area contributed by atoms with Gasteiger partial charge in [0, 0.05) is 41.7 Å². The molecule has 0 radical (unpaired) electrons. The van der Waals surface area contributed by atoms with Gasteiger partial charge in [-0.2, -0.15) is 32.1 Å². The van der Waals surface area contributed by atoms with E-state index in [0.29, 0.717) is 33.5 Å². The molecule has 0 aliphatic heterocycles. The number of aromatic nitrogens is 5. The molecule has 1 atom stereocenters. The van der Waals surface area contributed by atoms with Crippen molar-refractivity contribution >= 4 is 39.7 Å². The molecule has 4 N–H and O–H groups in total. The highest BCUT2D eigenvalue weighted by Gasteiger charge is 2.39. The highest BCUT2D eigenvalue weighted by molar-refractivity contribution is 8.00. The number of nitrogens with two attached hydrogens (primary N) is 2. The molecule has 0 fully saturated rings. The lowest BCUT2D eigenvalue weighted by atomic mass is 9.90. The van der Waals surface area contributed by atoms with Gasteiger partial charge < -0.3 is 11.5 Å². The van der Waals surface area contributed by atoms with Gasteiger partial charge in [0.1, 0.15) is 11.4 Å². The smallest absolute Gasteiger partial charge is 0.375 e. The van der Waals surface area contributed by atoms with Crippen molar-refractivity contribution in [1.29, 1.82) is 0 Å². The Balaban J connectivity index is 0.000000198. The summed E-state index contributed by atoms with van der Waals surface area (Å²) in [6.45, 7) is 1.92. The van der Waals surface area contributed by atoms with Crippen LogP contribution in [0.1, 0.15) is 45.9 Å². The molecule has 0 spiro atoms. The van der Waals surface area contributed by atoms with E-state index in [4.69, 9.17) is 11.5 Å². The molecule has 8 nitrogen and oxygen atoms in total. The first kappa shape index (κ1) is 45.2. The van der Waals surface area contributed by atoms with E-state index in [1.807, 2.05) is 12.3 Å². The van der Waals surface area contributed by atoms with Crippen LogP contribution >= 0.6 is 23.1 Å². The number of nitrogen functional groups attached to an aromatic ring is 1. The molecule has 0 bridgehead atoms. The minimum Gasteiger partial charge on any atom is -0.375 e. The molecule has 7 rings (SSSR count). The third-order valence-electron chi connectivity index (χ3n) is 8.49. The number of allylic oxidation sites excluding steroid dienone is 4. The van der Waals surface area contributed by atoms with Crippen LogP contribution in [0.3, 0.4) is 0 Å². The van der Waals surface area contributed by atoms with E-state index in [-0.39, 0.29) is 27.3 Å². The largest absolute Gasteiger partial charge is 0.446 e. The molecule has 6 aromatic rings. The molecule has 3 aromatic carbocycles. The first-order chi connectivity index (χ1) is 28.2. The molecule has 1 amide bonds. The Hall–Kier alpha value is -5.89. The lowest BCUT2D eigenvalue weighted by Gasteiger charge is -2.21. The van der Waals surface area contributed by atoms with Crippen LogP contribution in [0.4, 0.5) is 49.0 Å². The first-order valence-electron chi connectivity index (χ1n) is 17.3. The van der Waals surface area contributed by atoms with Crippen molar-refractivity contribution in [3.63, 3.8) is 0 Å². The molecule has 1 unspecified atom stereocenters. The summed E-state index contributed by atoms with van der Waals surface area (Å²) in [5.74, 6) is -4.84. The minimum absolute atomic E-state index is 0.0447. The lowest BCUT2D eigenvalue weighted by Crippen LogP contribution is -2.28. The number of aryl methyl sites for hydroxylation is 3. The number of nitrogens with zero attached hydrogens (tertiary/aromatic N) is 5. The van der Waals surface area contributed by atoms with Crippen molar-refractivity contribution in [2.45, 2.75) is 42.3 Å². The third kappa shape index (κ3) is 10.6. The van der Waals surface area contributed by atoms with Gasteiger partial charge in [-0.05, 0) is 64.7 Å². The number of primary amides is 1. The SMILES string of the molecule is Cc1csc(N)n1.Cn1cc(-c2ccccc2C2=CC(F)(F)C(F)C=C2)c(C(F)F)n1.Cn1nc(C(F)F)c(C(N)=O)c1-c1c(SC(F)(F)F)cccc1-c1ccccc1. The molecule has 3 heterocycles. The Morgan fingerprint density at radius 1 is 0.867 bits per heavy atom. The average Bonchev–Trinajstić information content (AvgIpc) is 3.88. The van der Waals surface area contributed by atoms with Gasteiger partial charge in [0.2, 0.25) is 0 Å². The van der Waals surface area contributed by atoms with Crippen molar-refractivity contribution in [3.05, 3.63) is 131 Å². The monoisotopic (exact) mass is 881 g/mol. The highest BCUT2D eigenvalue weighted by Crippen LogP contribution is 2.47. The minimum atomic E-state index is -4.64. The number of halogens is 10. The van der Waals surface area contributed by atoms with Crippen molar-refractivity contribution in [1.82, 2.24) is 24.5 Å². The second-order valence-electron chi connectivity index (χ2n) is 12.8. The molecule has 20 heteroatoms. The second kappa shape index (κ2) is 18.6. The van der Waals surface area contributed by atoms with E-state index in [1.165, 1.54) is 60.6 Å². The number of thiazole rings is 1. The maximum Gasteiger partial charge on any atom is 0.446 e. The van der Waals surface area contributed by atoms with Crippen LogP contribution in [0.15, 0.2) is 107 Å².